The second-order valence-corrected chi connectivity index (χ2v) is 7.37. The summed E-state index contributed by atoms with van der Waals surface area (Å²) in [5, 5.41) is 7.61. The van der Waals surface area contributed by atoms with Gasteiger partial charge in [0.25, 0.3) is 0 Å². The molecule has 26 heavy (non-hydrogen) atoms. The molecule has 1 aliphatic rings. The van der Waals surface area contributed by atoms with Crippen LogP contribution in [0.5, 0.6) is 0 Å². The van der Waals surface area contributed by atoms with Crippen LogP contribution in [0.4, 0.5) is 5.00 Å². The molecule has 7 heteroatoms. The van der Waals surface area contributed by atoms with Crippen LogP contribution in [0, 0.1) is 6.92 Å². The first-order chi connectivity index (χ1) is 12.5. The fourth-order valence-electron chi connectivity index (χ4n) is 3.07. The number of anilines is 1. The van der Waals surface area contributed by atoms with Crippen molar-refractivity contribution in [3.05, 3.63) is 39.5 Å². The number of hydrogen-bond acceptors (Lipinski definition) is 5. The first-order valence-electron chi connectivity index (χ1n) is 8.80. The molecule has 0 aliphatic heterocycles. The number of fused-ring (bicyclic) bond motifs is 1. The van der Waals surface area contributed by atoms with E-state index in [0.717, 1.165) is 42.5 Å². The largest absolute Gasteiger partial charge is 0.462 e. The van der Waals surface area contributed by atoms with Crippen molar-refractivity contribution in [1.29, 1.82) is 0 Å². The summed E-state index contributed by atoms with van der Waals surface area (Å²) in [6.45, 7) is 4.04. The van der Waals surface area contributed by atoms with Crippen molar-refractivity contribution >= 4 is 34.3 Å². The number of hydrogen-bond donors (Lipinski definition) is 1. The molecule has 3 rings (SSSR count). The smallest absolute Gasteiger partial charge is 0.341 e. The Kier molecular flexibility index (Phi) is 5.56. The van der Waals surface area contributed by atoms with Crippen molar-refractivity contribution in [3.8, 4) is 0 Å². The van der Waals surface area contributed by atoms with Gasteiger partial charge in [-0.1, -0.05) is 0 Å². The fourth-order valence-corrected chi connectivity index (χ4v) is 4.35. The van der Waals surface area contributed by atoms with Gasteiger partial charge in [0.2, 0.25) is 5.91 Å². The normalized spacial score (nSPS) is 13.7. The lowest BCUT2D eigenvalue weighted by molar-refractivity contribution is -0.111. The molecular formula is C19H23N3O3S. The summed E-state index contributed by atoms with van der Waals surface area (Å²) < 4.78 is 6.96. The minimum absolute atomic E-state index is 0.266. The Morgan fingerprint density at radius 2 is 2.15 bits per heavy atom. The van der Waals surface area contributed by atoms with E-state index >= 15 is 0 Å². The van der Waals surface area contributed by atoms with E-state index in [4.69, 9.17) is 4.74 Å². The molecule has 6 nitrogen and oxygen atoms in total. The highest BCUT2D eigenvalue weighted by molar-refractivity contribution is 7.17. The molecule has 138 valence electrons. The highest BCUT2D eigenvalue weighted by atomic mass is 32.1. The van der Waals surface area contributed by atoms with E-state index in [1.54, 1.807) is 23.9 Å². The van der Waals surface area contributed by atoms with Crippen LogP contribution in [0.2, 0.25) is 0 Å². The minimum atomic E-state index is -0.353. The average molecular weight is 373 g/mol. The summed E-state index contributed by atoms with van der Waals surface area (Å²) in [5.74, 6) is -0.619. The predicted octanol–water partition coefficient (Wildman–Crippen LogP) is 3.50. The number of ether oxygens (including phenoxy) is 1. The molecule has 0 spiro atoms. The first kappa shape index (κ1) is 18.4. The van der Waals surface area contributed by atoms with Crippen LogP contribution in [-0.2, 0) is 29.4 Å². The Balaban J connectivity index is 1.82. The number of carbonyl (C=O) groups excluding carboxylic acids is 2. The molecular weight excluding hydrogens is 350 g/mol. The van der Waals surface area contributed by atoms with Crippen molar-refractivity contribution in [2.24, 2.45) is 7.05 Å². The maximum absolute atomic E-state index is 12.4. The third-order valence-corrected chi connectivity index (χ3v) is 5.78. The summed E-state index contributed by atoms with van der Waals surface area (Å²) in [5.41, 5.74) is 3.44. The van der Waals surface area contributed by atoms with E-state index < -0.39 is 0 Å². The maximum Gasteiger partial charge on any atom is 0.341 e. The van der Waals surface area contributed by atoms with Gasteiger partial charge >= 0.3 is 5.97 Å². The molecule has 2 aromatic rings. The number of aromatic nitrogens is 2. The van der Waals surface area contributed by atoms with Gasteiger partial charge in [-0.25, -0.2) is 4.79 Å². The molecule has 0 radical (unpaired) electrons. The molecule has 2 aromatic heterocycles. The lowest BCUT2D eigenvalue weighted by Crippen LogP contribution is -2.14. The van der Waals surface area contributed by atoms with Gasteiger partial charge in [-0.3, -0.25) is 9.48 Å². The molecule has 1 amide bonds. The number of amides is 1. The first-order valence-corrected chi connectivity index (χ1v) is 9.62. The van der Waals surface area contributed by atoms with Gasteiger partial charge in [0.1, 0.15) is 5.00 Å². The van der Waals surface area contributed by atoms with Crippen LogP contribution >= 0.6 is 11.3 Å². The SMILES string of the molecule is CCOC(=O)c1c(NC(=O)C=Cc2cnn(C)c2C)sc2c1CCCC2. The van der Waals surface area contributed by atoms with E-state index in [2.05, 4.69) is 10.4 Å². The lowest BCUT2D eigenvalue weighted by atomic mass is 9.95. The molecule has 0 bridgehead atoms. The second kappa shape index (κ2) is 7.86. The Morgan fingerprint density at radius 3 is 2.85 bits per heavy atom. The third kappa shape index (κ3) is 3.72. The third-order valence-electron chi connectivity index (χ3n) is 4.58. The van der Waals surface area contributed by atoms with Gasteiger partial charge in [-0.05, 0) is 51.2 Å². The van der Waals surface area contributed by atoms with E-state index in [1.807, 2.05) is 14.0 Å². The minimum Gasteiger partial charge on any atom is -0.462 e. The Labute approximate surface area is 156 Å². The van der Waals surface area contributed by atoms with E-state index in [0.29, 0.717) is 17.2 Å². The Bertz CT molecular complexity index is 864. The monoisotopic (exact) mass is 373 g/mol. The Hall–Kier alpha value is -2.41. The summed E-state index contributed by atoms with van der Waals surface area (Å²) in [6, 6.07) is 0. The van der Waals surface area contributed by atoms with Crippen LogP contribution in [-0.4, -0.2) is 28.3 Å². The van der Waals surface area contributed by atoms with Gasteiger partial charge in [-0.2, -0.15) is 5.10 Å². The lowest BCUT2D eigenvalue weighted by Gasteiger charge is -2.12. The predicted molar refractivity (Wildman–Crippen MR) is 103 cm³/mol. The highest BCUT2D eigenvalue weighted by Crippen LogP contribution is 2.38. The summed E-state index contributed by atoms with van der Waals surface area (Å²) >= 11 is 1.49. The number of aryl methyl sites for hydroxylation is 2. The van der Waals surface area contributed by atoms with E-state index in [1.165, 1.54) is 22.3 Å². The fraction of sp³-hybridized carbons (Fsp3) is 0.421. The zero-order chi connectivity index (χ0) is 18.7. The van der Waals surface area contributed by atoms with Crippen LogP contribution in [0.1, 0.15) is 51.8 Å². The maximum atomic E-state index is 12.4. The molecule has 1 aliphatic carbocycles. The molecule has 2 heterocycles. The van der Waals surface area contributed by atoms with Crippen LogP contribution in [0.25, 0.3) is 6.08 Å². The molecule has 0 saturated heterocycles. The molecule has 0 fully saturated rings. The number of thiophene rings is 1. The number of carbonyl (C=O) groups is 2. The molecule has 1 N–H and O–H groups in total. The van der Waals surface area contributed by atoms with E-state index in [9.17, 15) is 9.59 Å². The van der Waals surface area contributed by atoms with Crippen molar-refractivity contribution in [3.63, 3.8) is 0 Å². The molecule has 0 aromatic carbocycles. The van der Waals surface area contributed by atoms with Crippen LogP contribution in [0.3, 0.4) is 0 Å². The van der Waals surface area contributed by atoms with Crippen molar-refractivity contribution in [1.82, 2.24) is 9.78 Å². The van der Waals surface area contributed by atoms with Crippen LogP contribution in [0.15, 0.2) is 12.3 Å². The quantitative estimate of drug-likeness (QED) is 0.643. The number of esters is 1. The van der Waals surface area contributed by atoms with Crippen LogP contribution < -0.4 is 5.32 Å². The van der Waals surface area contributed by atoms with Gasteiger partial charge in [0.05, 0.1) is 18.4 Å². The van der Waals surface area contributed by atoms with Gasteiger partial charge < -0.3 is 10.1 Å². The molecule has 0 saturated carbocycles. The summed E-state index contributed by atoms with van der Waals surface area (Å²) in [7, 11) is 1.86. The summed E-state index contributed by atoms with van der Waals surface area (Å²) in [4.78, 5) is 26.0. The topological polar surface area (TPSA) is 73.2 Å². The van der Waals surface area contributed by atoms with Gasteiger partial charge in [0.15, 0.2) is 0 Å². The average Bonchev–Trinajstić information content (AvgIpc) is 3.13. The number of rotatable bonds is 5. The van der Waals surface area contributed by atoms with Crippen molar-refractivity contribution in [2.45, 2.75) is 39.5 Å². The number of nitrogens with zero attached hydrogens (tertiary/aromatic N) is 2. The highest BCUT2D eigenvalue weighted by Gasteiger charge is 2.26. The standard InChI is InChI=1S/C19H23N3O3S/c1-4-25-19(24)17-14-7-5-6-8-15(14)26-18(17)21-16(23)10-9-13-11-20-22(3)12(13)2/h9-11H,4-8H2,1-3H3,(H,21,23). The van der Waals surface area contributed by atoms with Gasteiger partial charge in [-0.15, -0.1) is 11.3 Å². The second-order valence-electron chi connectivity index (χ2n) is 6.27. The van der Waals surface area contributed by atoms with Gasteiger partial charge in [0, 0.05) is 29.3 Å². The zero-order valence-electron chi connectivity index (χ0n) is 15.3. The molecule has 0 unspecified atom stereocenters. The summed E-state index contributed by atoms with van der Waals surface area (Å²) in [6.07, 6.45) is 8.90. The number of nitrogens with one attached hydrogen (secondary N) is 1. The van der Waals surface area contributed by atoms with Crippen molar-refractivity contribution in [2.75, 3.05) is 11.9 Å². The molecule has 0 atom stereocenters. The van der Waals surface area contributed by atoms with E-state index in [-0.39, 0.29) is 11.9 Å². The van der Waals surface area contributed by atoms with Crippen molar-refractivity contribution < 1.29 is 14.3 Å². The Morgan fingerprint density at radius 1 is 1.38 bits per heavy atom. The zero-order valence-corrected chi connectivity index (χ0v) is 16.1.